The Morgan fingerprint density at radius 2 is 1.96 bits per heavy atom. The summed E-state index contributed by atoms with van der Waals surface area (Å²) in [4.78, 5) is 23.7. The van der Waals surface area contributed by atoms with Gasteiger partial charge in [0.05, 0.1) is 22.6 Å². The Balaban J connectivity index is 1.62. The minimum atomic E-state index is -0.153. The van der Waals surface area contributed by atoms with Crippen LogP contribution in [-0.2, 0) is 6.61 Å². The van der Waals surface area contributed by atoms with Crippen molar-refractivity contribution in [1.29, 1.82) is 0 Å². The summed E-state index contributed by atoms with van der Waals surface area (Å²) < 4.78 is 5.80. The molecule has 1 amide bonds. The Morgan fingerprint density at radius 3 is 2.68 bits per heavy atom. The maximum Gasteiger partial charge on any atom is 0.264 e. The van der Waals surface area contributed by atoms with E-state index in [9.17, 15) is 4.79 Å². The summed E-state index contributed by atoms with van der Waals surface area (Å²) in [6, 6.07) is 16.7. The quantitative estimate of drug-likeness (QED) is 0.425. The molecule has 4 rings (SSSR count). The minimum absolute atomic E-state index is 0.153. The molecule has 5 nitrogen and oxygen atoms in total. The van der Waals surface area contributed by atoms with Gasteiger partial charge in [0.2, 0.25) is 0 Å². The second-order valence-electron chi connectivity index (χ2n) is 6.04. The number of hydrogen-bond acceptors (Lipinski definition) is 6. The summed E-state index contributed by atoms with van der Waals surface area (Å²) in [7, 11) is 0. The van der Waals surface area contributed by atoms with Crippen molar-refractivity contribution >= 4 is 39.4 Å². The fraction of sp³-hybridized carbons (Fsp3) is 0.0952. The second kappa shape index (κ2) is 8.33. The van der Waals surface area contributed by atoms with Crippen molar-refractivity contribution in [3.05, 3.63) is 87.8 Å². The Morgan fingerprint density at radius 1 is 1.11 bits per heavy atom. The first-order chi connectivity index (χ1) is 13.7. The number of hydrogen-bond donors (Lipinski definition) is 0. The summed E-state index contributed by atoms with van der Waals surface area (Å²) in [5.41, 5.74) is 4.83. The fourth-order valence-corrected chi connectivity index (χ4v) is 4.01. The van der Waals surface area contributed by atoms with Gasteiger partial charge >= 0.3 is 0 Å². The number of carbonyl (C=O) groups is 1. The number of amides is 1. The molecule has 0 bridgehead atoms. The first-order valence-corrected chi connectivity index (χ1v) is 10.4. The zero-order valence-corrected chi connectivity index (χ0v) is 16.7. The Labute approximate surface area is 170 Å². The SMILES string of the molecule is Cc1csc(N(C(=O)c2cccc(OCc3cscn3)c2)c2ccccc2)n1. The van der Waals surface area contributed by atoms with Crippen LogP contribution in [0.2, 0.25) is 0 Å². The lowest BCUT2D eigenvalue weighted by Crippen LogP contribution is -2.25. The highest BCUT2D eigenvalue weighted by Crippen LogP contribution is 2.30. The number of nitrogens with zero attached hydrogens (tertiary/aromatic N) is 3. The lowest BCUT2D eigenvalue weighted by molar-refractivity contribution is 0.0998. The van der Waals surface area contributed by atoms with Crippen LogP contribution in [0, 0.1) is 6.92 Å². The topological polar surface area (TPSA) is 55.3 Å². The van der Waals surface area contributed by atoms with Gasteiger partial charge < -0.3 is 4.74 Å². The Kier molecular flexibility index (Phi) is 5.45. The predicted molar refractivity (Wildman–Crippen MR) is 113 cm³/mol. The lowest BCUT2D eigenvalue weighted by atomic mass is 10.1. The van der Waals surface area contributed by atoms with E-state index in [1.165, 1.54) is 22.7 Å². The molecular formula is C21H17N3O2S2. The van der Waals surface area contributed by atoms with Crippen LogP contribution in [0.25, 0.3) is 0 Å². The van der Waals surface area contributed by atoms with Gasteiger partial charge in [0.1, 0.15) is 12.4 Å². The van der Waals surface area contributed by atoms with E-state index in [2.05, 4.69) is 9.97 Å². The molecule has 0 saturated carbocycles. The van der Waals surface area contributed by atoms with Crippen LogP contribution in [0.4, 0.5) is 10.8 Å². The zero-order valence-electron chi connectivity index (χ0n) is 15.1. The molecule has 0 atom stereocenters. The molecule has 28 heavy (non-hydrogen) atoms. The molecule has 0 aliphatic heterocycles. The van der Waals surface area contributed by atoms with Gasteiger partial charge in [-0.25, -0.2) is 9.97 Å². The molecule has 0 unspecified atom stereocenters. The maximum absolute atomic E-state index is 13.4. The zero-order chi connectivity index (χ0) is 19.3. The van der Waals surface area contributed by atoms with E-state index in [0.29, 0.717) is 23.1 Å². The van der Waals surface area contributed by atoms with Crippen LogP contribution in [0.3, 0.4) is 0 Å². The lowest BCUT2D eigenvalue weighted by Gasteiger charge is -2.20. The number of rotatable bonds is 6. The van der Waals surface area contributed by atoms with Crippen molar-refractivity contribution in [2.24, 2.45) is 0 Å². The van der Waals surface area contributed by atoms with E-state index in [1.807, 2.05) is 60.1 Å². The molecule has 4 aromatic rings. The number of anilines is 2. The van der Waals surface area contributed by atoms with Crippen LogP contribution >= 0.6 is 22.7 Å². The molecule has 0 aliphatic carbocycles. The third kappa shape index (κ3) is 4.11. The molecule has 0 aliphatic rings. The monoisotopic (exact) mass is 407 g/mol. The number of para-hydroxylation sites is 1. The number of ether oxygens (including phenoxy) is 1. The normalized spacial score (nSPS) is 10.6. The van der Waals surface area contributed by atoms with Crippen molar-refractivity contribution < 1.29 is 9.53 Å². The Bertz CT molecular complexity index is 1060. The summed E-state index contributed by atoms with van der Waals surface area (Å²) in [5.74, 6) is 0.474. The van der Waals surface area contributed by atoms with Crippen molar-refractivity contribution in [2.45, 2.75) is 13.5 Å². The molecule has 7 heteroatoms. The van der Waals surface area contributed by atoms with Crippen LogP contribution in [0.5, 0.6) is 5.75 Å². The van der Waals surface area contributed by atoms with Crippen molar-refractivity contribution in [3.63, 3.8) is 0 Å². The fourth-order valence-electron chi connectivity index (χ4n) is 2.65. The highest BCUT2D eigenvalue weighted by molar-refractivity contribution is 7.14. The summed E-state index contributed by atoms with van der Waals surface area (Å²) in [6.07, 6.45) is 0. The van der Waals surface area contributed by atoms with Crippen LogP contribution in [0.15, 0.2) is 70.9 Å². The molecule has 2 aromatic carbocycles. The number of carbonyl (C=O) groups excluding carboxylic acids is 1. The molecule has 140 valence electrons. The summed E-state index contributed by atoms with van der Waals surface area (Å²) >= 11 is 2.97. The first kappa shape index (κ1) is 18.3. The molecule has 2 aromatic heterocycles. The van der Waals surface area contributed by atoms with Gasteiger partial charge in [-0.05, 0) is 37.3 Å². The average Bonchev–Trinajstić information content (AvgIpc) is 3.40. The second-order valence-corrected chi connectivity index (χ2v) is 7.60. The van der Waals surface area contributed by atoms with Crippen LogP contribution < -0.4 is 9.64 Å². The molecule has 0 radical (unpaired) electrons. The number of benzene rings is 2. The van der Waals surface area contributed by atoms with E-state index < -0.39 is 0 Å². The molecule has 2 heterocycles. The Hall–Kier alpha value is -3.03. The predicted octanol–water partition coefficient (Wildman–Crippen LogP) is 5.47. The average molecular weight is 408 g/mol. The van der Waals surface area contributed by atoms with Gasteiger partial charge in [-0.2, -0.15) is 0 Å². The van der Waals surface area contributed by atoms with Gasteiger partial charge in [-0.1, -0.05) is 24.3 Å². The van der Waals surface area contributed by atoms with Gasteiger partial charge in [0, 0.05) is 16.3 Å². The summed E-state index contributed by atoms with van der Waals surface area (Å²) in [6.45, 7) is 2.29. The standard InChI is InChI=1S/C21H17N3O2S2/c1-15-12-28-21(23-15)24(18-7-3-2-4-8-18)20(25)16-6-5-9-19(10-16)26-11-17-13-27-14-22-17/h2-10,12-14H,11H2,1H3. The van der Waals surface area contributed by atoms with Crippen molar-refractivity contribution in [1.82, 2.24) is 9.97 Å². The van der Waals surface area contributed by atoms with Gasteiger partial charge in [0.25, 0.3) is 5.91 Å². The molecule has 0 N–H and O–H groups in total. The third-order valence-corrected chi connectivity index (χ3v) is 5.55. The smallest absolute Gasteiger partial charge is 0.264 e. The maximum atomic E-state index is 13.4. The molecular weight excluding hydrogens is 390 g/mol. The summed E-state index contributed by atoms with van der Waals surface area (Å²) in [5, 5.41) is 4.52. The molecule has 0 fully saturated rings. The molecule has 0 saturated heterocycles. The number of aryl methyl sites for hydroxylation is 1. The minimum Gasteiger partial charge on any atom is -0.487 e. The van der Waals surface area contributed by atoms with E-state index in [-0.39, 0.29) is 5.91 Å². The highest BCUT2D eigenvalue weighted by atomic mass is 32.1. The van der Waals surface area contributed by atoms with Crippen molar-refractivity contribution in [2.75, 3.05) is 4.90 Å². The third-order valence-electron chi connectivity index (χ3n) is 3.97. The highest BCUT2D eigenvalue weighted by Gasteiger charge is 2.22. The van der Waals surface area contributed by atoms with E-state index >= 15 is 0 Å². The largest absolute Gasteiger partial charge is 0.487 e. The van der Waals surface area contributed by atoms with E-state index in [4.69, 9.17) is 4.74 Å². The van der Waals surface area contributed by atoms with Gasteiger partial charge in [-0.15, -0.1) is 22.7 Å². The van der Waals surface area contributed by atoms with Gasteiger partial charge in [0.15, 0.2) is 5.13 Å². The van der Waals surface area contributed by atoms with Crippen LogP contribution in [-0.4, -0.2) is 15.9 Å². The number of thiazole rings is 2. The molecule has 0 spiro atoms. The van der Waals surface area contributed by atoms with E-state index in [1.54, 1.807) is 22.5 Å². The first-order valence-electron chi connectivity index (χ1n) is 8.62. The van der Waals surface area contributed by atoms with Gasteiger partial charge in [-0.3, -0.25) is 9.69 Å². The van der Waals surface area contributed by atoms with Crippen molar-refractivity contribution in [3.8, 4) is 5.75 Å². The van der Waals surface area contributed by atoms with Crippen LogP contribution in [0.1, 0.15) is 21.7 Å². The van der Waals surface area contributed by atoms with E-state index in [0.717, 1.165) is 17.1 Å². The number of aromatic nitrogens is 2.